The molecular weight excluding hydrogens is 232 g/mol. The molecule has 1 aliphatic carbocycles. The van der Waals surface area contributed by atoms with Crippen LogP contribution in [0.25, 0.3) is 0 Å². The van der Waals surface area contributed by atoms with E-state index in [2.05, 4.69) is 26.9 Å². The number of thioether (sulfide) groups is 1. The first kappa shape index (κ1) is 12.5. The highest BCUT2D eigenvalue weighted by Crippen LogP contribution is 2.42. The standard InChI is InChI=1S/C12H20N4S/c1-9-7-10(16-11(13-2)15-9)14-8-12(17-3)5-4-6-12/h7H,4-6,8H2,1-3H3,(H2,13,14,15,16). The maximum absolute atomic E-state index is 4.41. The van der Waals surface area contributed by atoms with E-state index >= 15 is 0 Å². The number of aromatic nitrogens is 2. The van der Waals surface area contributed by atoms with Crippen molar-refractivity contribution in [2.75, 3.05) is 30.5 Å². The molecule has 0 amide bonds. The van der Waals surface area contributed by atoms with Gasteiger partial charge in [0.05, 0.1) is 0 Å². The van der Waals surface area contributed by atoms with Crippen molar-refractivity contribution >= 4 is 23.5 Å². The number of nitrogens with zero attached hydrogens (tertiary/aromatic N) is 2. The average Bonchev–Trinajstić information content (AvgIpc) is 2.27. The van der Waals surface area contributed by atoms with Crippen molar-refractivity contribution in [3.05, 3.63) is 11.8 Å². The second-order valence-electron chi connectivity index (χ2n) is 4.56. The molecule has 2 rings (SSSR count). The fourth-order valence-electron chi connectivity index (χ4n) is 2.05. The lowest BCUT2D eigenvalue weighted by molar-refractivity contribution is 0.379. The van der Waals surface area contributed by atoms with E-state index in [0.717, 1.165) is 18.1 Å². The second-order valence-corrected chi connectivity index (χ2v) is 5.84. The van der Waals surface area contributed by atoms with Crippen molar-refractivity contribution in [1.82, 2.24) is 9.97 Å². The molecule has 2 N–H and O–H groups in total. The van der Waals surface area contributed by atoms with Gasteiger partial charge in [-0.2, -0.15) is 16.7 Å². The zero-order valence-corrected chi connectivity index (χ0v) is 11.5. The molecular formula is C12H20N4S. The van der Waals surface area contributed by atoms with Crippen LogP contribution in [0.4, 0.5) is 11.8 Å². The Kier molecular flexibility index (Phi) is 3.76. The number of rotatable bonds is 5. The molecule has 1 aliphatic rings. The van der Waals surface area contributed by atoms with Gasteiger partial charge in [0.1, 0.15) is 5.82 Å². The van der Waals surface area contributed by atoms with Gasteiger partial charge in [-0.15, -0.1) is 0 Å². The van der Waals surface area contributed by atoms with E-state index in [1.807, 2.05) is 31.8 Å². The highest BCUT2D eigenvalue weighted by molar-refractivity contribution is 8.00. The summed E-state index contributed by atoms with van der Waals surface area (Å²) in [5.74, 6) is 1.60. The summed E-state index contributed by atoms with van der Waals surface area (Å²) in [5.41, 5.74) is 0.985. The van der Waals surface area contributed by atoms with Gasteiger partial charge >= 0.3 is 0 Å². The molecule has 0 aromatic carbocycles. The van der Waals surface area contributed by atoms with E-state index in [1.165, 1.54) is 19.3 Å². The maximum Gasteiger partial charge on any atom is 0.224 e. The van der Waals surface area contributed by atoms with Gasteiger partial charge in [0.15, 0.2) is 0 Å². The maximum atomic E-state index is 4.41. The predicted octanol–water partition coefficient (Wildman–Crippen LogP) is 2.52. The molecule has 94 valence electrons. The SMILES string of the molecule is CNc1nc(C)cc(NCC2(SC)CCC2)n1. The van der Waals surface area contributed by atoms with E-state index in [-0.39, 0.29) is 0 Å². The average molecular weight is 252 g/mol. The van der Waals surface area contributed by atoms with Crippen molar-refractivity contribution in [3.8, 4) is 0 Å². The van der Waals surface area contributed by atoms with Crippen molar-refractivity contribution in [2.24, 2.45) is 0 Å². The Hall–Kier alpha value is -0.970. The zero-order valence-electron chi connectivity index (χ0n) is 10.7. The van der Waals surface area contributed by atoms with Gasteiger partial charge < -0.3 is 10.6 Å². The molecule has 0 unspecified atom stereocenters. The highest BCUT2D eigenvalue weighted by atomic mass is 32.2. The molecule has 0 saturated heterocycles. The van der Waals surface area contributed by atoms with Gasteiger partial charge in [0.25, 0.3) is 0 Å². The molecule has 4 nitrogen and oxygen atoms in total. The molecule has 1 saturated carbocycles. The normalized spacial score (nSPS) is 17.4. The molecule has 1 heterocycles. The minimum atomic E-state index is 0.429. The summed E-state index contributed by atoms with van der Waals surface area (Å²) >= 11 is 1.97. The van der Waals surface area contributed by atoms with Crippen LogP contribution >= 0.6 is 11.8 Å². The van der Waals surface area contributed by atoms with Crippen LogP contribution in [0.15, 0.2) is 6.07 Å². The van der Waals surface area contributed by atoms with Gasteiger partial charge in [0, 0.05) is 30.1 Å². The Morgan fingerprint density at radius 2 is 2.18 bits per heavy atom. The van der Waals surface area contributed by atoms with Crippen LogP contribution in [0.3, 0.4) is 0 Å². The number of hydrogen-bond donors (Lipinski definition) is 2. The lowest BCUT2D eigenvalue weighted by atomic mass is 9.84. The van der Waals surface area contributed by atoms with Gasteiger partial charge in [-0.05, 0) is 26.0 Å². The van der Waals surface area contributed by atoms with E-state index in [9.17, 15) is 0 Å². The van der Waals surface area contributed by atoms with E-state index in [0.29, 0.717) is 10.7 Å². The van der Waals surface area contributed by atoms with Crippen molar-refractivity contribution in [2.45, 2.75) is 30.9 Å². The lowest BCUT2D eigenvalue weighted by Gasteiger charge is -2.40. The van der Waals surface area contributed by atoms with Crippen LogP contribution in [0, 0.1) is 6.92 Å². The Morgan fingerprint density at radius 1 is 1.41 bits per heavy atom. The third-order valence-electron chi connectivity index (χ3n) is 3.37. The highest BCUT2D eigenvalue weighted by Gasteiger charge is 2.35. The number of aryl methyl sites for hydroxylation is 1. The van der Waals surface area contributed by atoms with Crippen molar-refractivity contribution in [3.63, 3.8) is 0 Å². The first-order chi connectivity index (χ1) is 8.17. The Balaban J connectivity index is 2.01. The minimum Gasteiger partial charge on any atom is -0.369 e. The zero-order chi connectivity index (χ0) is 12.3. The largest absolute Gasteiger partial charge is 0.369 e. The molecule has 1 aromatic heterocycles. The first-order valence-electron chi connectivity index (χ1n) is 6.00. The van der Waals surface area contributed by atoms with E-state index < -0.39 is 0 Å². The van der Waals surface area contributed by atoms with Gasteiger partial charge in [0.2, 0.25) is 5.95 Å². The van der Waals surface area contributed by atoms with Gasteiger partial charge in [-0.3, -0.25) is 0 Å². The fraction of sp³-hybridized carbons (Fsp3) is 0.667. The molecule has 5 heteroatoms. The second kappa shape index (κ2) is 5.12. The molecule has 1 aromatic rings. The fourth-order valence-corrected chi connectivity index (χ4v) is 2.96. The summed E-state index contributed by atoms with van der Waals surface area (Å²) < 4.78 is 0.429. The van der Waals surface area contributed by atoms with Crippen LogP contribution in [-0.4, -0.2) is 34.6 Å². The third-order valence-corrected chi connectivity index (χ3v) is 4.79. The molecule has 0 spiro atoms. The number of anilines is 2. The molecule has 0 radical (unpaired) electrons. The van der Waals surface area contributed by atoms with E-state index in [4.69, 9.17) is 0 Å². The first-order valence-corrected chi connectivity index (χ1v) is 7.22. The Morgan fingerprint density at radius 3 is 2.71 bits per heavy atom. The quantitative estimate of drug-likeness (QED) is 0.843. The molecule has 0 aliphatic heterocycles. The molecule has 0 bridgehead atoms. The van der Waals surface area contributed by atoms with Crippen LogP contribution in [0.1, 0.15) is 25.0 Å². The lowest BCUT2D eigenvalue weighted by Crippen LogP contribution is -2.40. The Labute approximate surface area is 107 Å². The van der Waals surface area contributed by atoms with Gasteiger partial charge in [-0.25, -0.2) is 4.98 Å². The summed E-state index contributed by atoms with van der Waals surface area (Å²) in [6, 6.07) is 1.99. The summed E-state index contributed by atoms with van der Waals surface area (Å²) in [4.78, 5) is 8.69. The summed E-state index contributed by atoms with van der Waals surface area (Å²) in [7, 11) is 1.84. The smallest absolute Gasteiger partial charge is 0.224 e. The van der Waals surface area contributed by atoms with Crippen LogP contribution in [0.2, 0.25) is 0 Å². The topological polar surface area (TPSA) is 49.8 Å². The minimum absolute atomic E-state index is 0.429. The predicted molar refractivity (Wildman–Crippen MR) is 74.9 cm³/mol. The Bertz CT molecular complexity index is 385. The molecule has 1 fully saturated rings. The number of hydrogen-bond acceptors (Lipinski definition) is 5. The van der Waals surface area contributed by atoms with Crippen LogP contribution < -0.4 is 10.6 Å². The van der Waals surface area contributed by atoms with Crippen LogP contribution in [0.5, 0.6) is 0 Å². The monoisotopic (exact) mass is 252 g/mol. The van der Waals surface area contributed by atoms with E-state index in [1.54, 1.807) is 0 Å². The van der Waals surface area contributed by atoms with Crippen molar-refractivity contribution < 1.29 is 0 Å². The molecule has 0 atom stereocenters. The summed E-state index contributed by atoms with van der Waals surface area (Å²) in [6.45, 7) is 2.98. The summed E-state index contributed by atoms with van der Waals surface area (Å²) in [5, 5.41) is 6.42. The summed E-state index contributed by atoms with van der Waals surface area (Å²) in [6.07, 6.45) is 6.17. The number of nitrogens with one attached hydrogen (secondary N) is 2. The van der Waals surface area contributed by atoms with Crippen molar-refractivity contribution in [1.29, 1.82) is 0 Å². The van der Waals surface area contributed by atoms with Crippen LogP contribution in [-0.2, 0) is 0 Å². The van der Waals surface area contributed by atoms with Gasteiger partial charge in [-0.1, -0.05) is 6.42 Å². The molecule has 17 heavy (non-hydrogen) atoms. The third kappa shape index (κ3) is 2.83.